The second-order valence-corrected chi connectivity index (χ2v) is 3.63. The Bertz CT molecular complexity index is 382. The first-order chi connectivity index (χ1) is 7.36. The number of hydrogen-bond acceptors (Lipinski definition) is 4. The Labute approximate surface area is 88.8 Å². The van der Waals surface area contributed by atoms with Gasteiger partial charge in [-0.3, -0.25) is 0 Å². The Balaban J connectivity index is 2.28. The van der Waals surface area contributed by atoms with Crippen molar-refractivity contribution in [3.63, 3.8) is 0 Å². The Morgan fingerprint density at radius 1 is 1.60 bits per heavy atom. The van der Waals surface area contributed by atoms with E-state index in [1.807, 2.05) is 12.1 Å². The van der Waals surface area contributed by atoms with Crippen LogP contribution in [0.25, 0.3) is 0 Å². The van der Waals surface area contributed by atoms with Gasteiger partial charge in [0.1, 0.15) is 6.07 Å². The molecule has 1 saturated carbocycles. The fraction of sp³-hybridized carbons (Fsp3) is 0.455. The number of aliphatic hydroxyl groups is 1. The van der Waals surface area contributed by atoms with Crippen LogP contribution in [0.15, 0.2) is 18.3 Å². The van der Waals surface area contributed by atoms with Crippen LogP contribution in [0.3, 0.4) is 0 Å². The molecule has 0 bridgehead atoms. The summed E-state index contributed by atoms with van der Waals surface area (Å²) in [4.78, 5) is 6.10. The minimum Gasteiger partial charge on any atom is -0.395 e. The van der Waals surface area contributed by atoms with Gasteiger partial charge in [-0.2, -0.15) is 5.26 Å². The highest BCUT2D eigenvalue weighted by atomic mass is 16.3. The number of aliphatic hydroxyl groups excluding tert-OH is 1. The van der Waals surface area contributed by atoms with E-state index in [1.54, 1.807) is 6.20 Å². The van der Waals surface area contributed by atoms with Gasteiger partial charge >= 0.3 is 0 Å². The largest absolute Gasteiger partial charge is 0.395 e. The number of nitriles is 1. The summed E-state index contributed by atoms with van der Waals surface area (Å²) in [5.41, 5.74) is 1.29. The van der Waals surface area contributed by atoms with Crippen molar-refractivity contribution in [1.29, 1.82) is 5.26 Å². The molecule has 0 atom stereocenters. The third kappa shape index (κ3) is 2.08. The maximum atomic E-state index is 8.99. The predicted molar refractivity (Wildman–Crippen MR) is 56.4 cm³/mol. The Hall–Kier alpha value is -1.60. The van der Waals surface area contributed by atoms with Gasteiger partial charge in [0.25, 0.3) is 0 Å². The second-order valence-electron chi connectivity index (χ2n) is 3.63. The Morgan fingerprint density at radius 2 is 2.40 bits per heavy atom. The first kappa shape index (κ1) is 9.94. The molecule has 4 heteroatoms. The van der Waals surface area contributed by atoms with Crippen LogP contribution >= 0.6 is 0 Å². The lowest BCUT2D eigenvalue weighted by Gasteiger charge is -2.23. The van der Waals surface area contributed by atoms with Crippen LogP contribution in [0.4, 0.5) is 5.69 Å². The maximum absolute atomic E-state index is 8.99. The van der Waals surface area contributed by atoms with Gasteiger partial charge in [-0.25, -0.2) is 4.98 Å². The molecule has 1 fully saturated rings. The third-order valence-electron chi connectivity index (χ3n) is 2.53. The lowest BCUT2D eigenvalue weighted by atomic mass is 10.2. The van der Waals surface area contributed by atoms with Crippen molar-refractivity contribution in [3.8, 4) is 6.07 Å². The second kappa shape index (κ2) is 4.28. The van der Waals surface area contributed by atoms with Crippen molar-refractivity contribution >= 4 is 5.69 Å². The molecule has 1 aliphatic rings. The van der Waals surface area contributed by atoms with Crippen LogP contribution in [0, 0.1) is 11.3 Å². The van der Waals surface area contributed by atoms with Crippen LogP contribution < -0.4 is 4.90 Å². The minimum atomic E-state index is 0.107. The molecule has 0 amide bonds. The smallest absolute Gasteiger partial charge is 0.163 e. The molecule has 2 rings (SSSR count). The van der Waals surface area contributed by atoms with Crippen molar-refractivity contribution in [2.24, 2.45) is 0 Å². The number of pyridine rings is 1. The van der Waals surface area contributed by atoms with Crippen LogP contribution in [0.1, 0.15) is 18.5 Å². The van der Waals surface area contributed by atoms with E-state index in [2.05, 4.69) is 16.0 Å². The van der Waals surface area contributed by atoms with E-state index in [1.165, 1.54) is 0 Å². The van der Waals surface area contributed by atoms with Gasteiger partial charge < -0.3 is 10.0 Å². The molecule has 0 radical (unpaired) electrons. The zero-order valence-corrected chi connectivity index (χ0v) is 8.43. The van der Waals surface area contributed by atoms with E-state index in [9.17, 15) is 0 Å². The van der Waals surface area contributed by atoms with E-state index >= 15 is 0 Å². The summed E-state index contributed by atoms with van der Waals surface area (Å²) in [7, 11) is 0. The van der Waals surface area contributed by atoms with Crippen LogP contribution in [0.5, 0.6) is 0 Å². The standard InChI is InChI=1S/C11H13N3O/c12-8-10-11(2-1-5-13-10)14(6-7-15)9-3-4-9/h1-2,5,9,15H,3-4,6-7H2. The molecule has 4 nitrogen and oxygen atoms in total. The van der Waals surface area contributed by atoms with Gasteiger partial charge in [0.05, 0.1) is 12.3 Å². The Morgan fingerprint density at radius 3 is 3.00 bits per heavy atom. The average Bonchev–Trinajstić information content (AvgIpc) is 3.10. The topological polar surface area (TPSA) is 60.2 Å². The number of anilines is 1. The van der Waals surface area contributed by atoms with Crippen LogP contribution in [0.2, 0.25) is 0 Å². The van der Waals surface area contributed by atoms with Gasteiger partial charge in [0.2, 0.25) is 0 Å². The summed E-state index contributed by atoms with van der Waals surface area (Å²) in [5.74, 6) is 0. The lowest BCUT2D eigenvalue weighted by Crippen LogP contribution is -2.29. The normalized spacial score (nSPS) is 14.7. The van der Waals surface area contributed by atoms with Gasteiger partial charge in [0.15, 0.2) is 5.69 Å². The molecule has 0 aliphatic heterocycles. The van der Waals surface area contributed by atoms with Crippen LogP contribution in [-0.2, 0) is 0 Å². The van der Waals surface area contributed by atoms with E-state index in [4.69, 9.17) is 10.4 Å². The maximum Gasteiger partial charge on any atom is 0.163 e. The van der Waals surface area contributed by atoms with E-state index < -0.39 is 0 Å². The molecule has 1 aromatic heterocycles. The summed E-state index contributed by atoms with van der Waals surface area (Å²) in [5, 5.41) is 17.9. The number of aromatic nitrogens is 1. The molecule has 78 valence electrons. The molecule has 1 N–H and O–H groups in total. The van der Waals surface area contributed by atoms with Crippen molar-refractivity contribution in [2.45, 2.75) is 18.9 Å². The zero-order valence-electron chi connectivity index (χ0n) is 8.43. The summed E-state index contributed by atoms with van der Waals surface area (Å²) in [6.07, 6.45) is 3.89. The zero-order chi connectivity index (χ0) is 10.7. The first-order valence-corrected chi connectivity index (χ1v) is 5.09. The number of rotatable bonds is 4. The van der Waals surface area contributed by atoms with Crippen molar-refractivity contribution in [3.05, 3.63) is 24.0 Å². The van der Waals surface area contributed by atoms with Crippen molar-refractivity contribution in [1.82, 2.24) is 4.98 Å². The van der Waals surface area contributed by atoms with E-state index in [0.717, 1.165) is 18.5 Å². The molecule has 0 saturated heterocycles. The molecule has 1 aromatic rings. The highest BCUT2D eigenvalue weighted by Crippen LogP contribution is 2.32. The van der Waals surface area contributed by atoms with Crippen molar-refractivity contribution < 1.29 is 5.11 Å². The SMILES string of the molecule is N#Cc1ncccc1N(CCO)C1CC1. The van der Waals surface area contributed by atoms with Crippen molar-refractivity contribution in [2.75, 3.05) is 18.1 Å². The highest BCUT2D eigenvalue weighted by molar-refractivity contribution is 5.57. The molecule has 1 aliphatic carbocycles. The molecule has 0 aromatic carbocycles. The lowest BCUT2D eigenvalue weighted by molar-refractivity contribution is 0.301. The van der Waals surface area contributed by atoms with Gasteiger partial charge in [0, 0.05) is 18.8 Å². The van der Waals surface area contributed by atoms with Gasteiger partial charge in [-0.05, 0) is 25.0 Å². The third-order valence-corrected chi connectivity index (χ3v) is 2.53. The van der Waals surface area contributed by atoms with Gasteiger partial charge in [-0.1, -0.05) is 0 Å². The average molecular weight is 203 g/mol. The fourth-order valence-electron chi connectivity index (χ4n) is 1.71. The molecule has 15 heavy (non-hydrogen) atoms. The number of hydrogen-bond donors (Lipinski definition) is 1. The summed E-state index contributed by atoms with van der Waals surface area (Å²) < 4.78 is 0. The molecule has 0 spiro atoms. The highest BCUT2D eigenvalue weighted by Gasteiger charge is 2.30. The molecule has 0 unspecified atom stereocenters. The fourth-order valence-corrected chi connectivity index (χ4v) is 1.71. The summed E-state index contributed by atoms with van der Waals surface area (Å²) in [6.45, 7) is 0.682. The number of nitrogens with zero attached hydrogens (tertiary/aromatic N) is 3. The first-order valence-electron chi connectivity index (χ1n) is 5.09. The van der Waals surface area contributed by atoms with E-state index in [-0.39, 0.29) is 6.61 Å². The summed E-state index contributed by atoms with van der Waals surface area (Å²) in [6, 6.07) is 6.27. The van der Waals surface area contributed by atoms with Crippen LogP contribution in [-0.4, -0.2) is 29.3 Å². The molecular weight excluding hydrogens is 190 g/mol. The quantitative estimate of drug-likeness (QED) is 0.790. The molecule has 1 heterocycles. The molecular formula is C11H13N3O. The monoisotopic (exact) mass is 203 g/mol. The van der Waals surface area contributed by atoms with E-state index in [0.29, 0.717) is 18.3 Å². The Kier molecular flexibility index (Phi) is 2.84. The minimum absolute atomic E-state index is 0.107. The van der Waals surface area contributed by atoms with Gasteiger partial charge in [-0.15, -0.1) is 0 Å². The summed E-state index contributed by atoms with van der Waals surface area (Å²) >= 11 is 0. The predicted octanol–water partition coefficient (Wildman–Crippen LogP) is 0.914.